The van der Waals surface area contributed by atoms with E-state index in [1.807, 2.05) is 69.3 Å². The molecule has 2 atom stereocenters. The van der Waals surface area contributed by atoms with Crippen molar-refractivity contribution in [2.45, 2.75) is 44.8 Å². The fraction of sp³-hybridized carbons (Fsp3) is 0.320. The van der Waals surface area contributed by atoms with E-state index >= 15 is 0 Å². The van der Waals surface area contributed by atoms with Crippen LogP contribution in [-0.4, -0.2) is 23.3 Å². The fourth-order valence-electron chi connectivity index (χ4n) is 3.45. The standard InChI is InChI=1S/C25H29NO3/c1-25(2,3)26-24(28)29-16-15-22(23(27)19-10-5-4-6-11-19)21-14-13-18-9-7-8-12-20(18)17-21/h4-14,17,22-23,27H,15-16H2,1-3H3,(H,26,28). The number of hydrogen-bond donors (Lipinski definition) is 2. The number of aliphatic hydroxyl groups is 1. The second-order valence-electron chi connectivity index (χ2n) is 8.37. The molecule has 2 unspecified atom stereocenters. The number of nitrogens with one attached hydrogen (secondary N) is 1. The highest BCUT2D eigenvalue weighted by atomic mass is 16.5. The molecule has 0 aliphatic rings. The van der Waals surface area contributed by atoms with Gasteiger partial charge in [-0.1, -0.05) is 72.8 Å². The van der Waals surface area contributed by atoms with Crippen molar-refractivity contribution in [1.82, 2.24) is 5.32 Å². The van der Waals surface area contributed by atoms with Crippen molar-refractivity contribution in [3.63, 3.8) is 0 Å². The fourth-order valence-corrected chi connectivity index (χ4v) is 3.45. The van der Waals surface area contributed by atoms with Crippen LogP contribution >= 0.6 is 0 Å². The zero-order chi connectivity index (χ0) is 20.9. The van der Waals surface area contributed by atoms with Gasteiger partial charge in [-0.2, -0.15) is 0 Å². The van der Waals surface area contributed by atoms with E-state index in [1.54, 1.807) is 0 Å². The van der Waals surface area contributed by atoms with E-state index in [2.05, 4.69) is 29.6 Å². The van der Waals surface area contributed by atoms with E-state index in [0.29, 0.717) is 6.42 Å². The second kappa shape index (κ2) is 9.10. The smallest absolute Gasteiger partial charge is 0.407 e. The summed E-state index contributed by atoms with van der Waals surface area (Å²) in [6, 6.07) is 24.0. The number of alkyl carbamates (subject to hydrolysis) is 1. The number of amides is 1. The molecular formula is C25H29NO3. The van der Waals surface area contributed by atoms with E-state index < -0.39 is 12.2 Å². The minimum Gasteiger partial charge on any atom is -0.450 e. The molecule has 3 rings (SSSR count). The van der Waals surface area contributed by atoms with Gasteiger partial charge in [-0.15, -0.1) is 0 Å². The number of benzene rings is 3. The van der Waals surface area contributed by atoms with Crippen molar-refractivity contribution >= 4 is 16.9 Å². The maximum atomic E-state index is 12.0. The summed E-state index contributed by atoms with van der Waals surface area (Å²) in [6.07, 6.45) is -0.609. The van der Waals surface area contributed by atoms with Gasteiger partial charge in [0.1, 0.15) is 0 Å². The molecule has 0 aliphatic carbocycles. The first-order chi connectivity index (χ1) is 13.8. The molecule has 4 heteroatoms. The molecule has 0 saturated heterocycles. The summed E-state index contributed by atoms with van der Waals surface area (Å²) in [5.74, 6) is -0.190. The van der Waals surface area contributed by atoms with Gasteiger partial charge in [0.05, 0.1) is 12.7 Å². The molecule has 0 bridgehead atoms. The van der Waals surface area contributed by atoms with Gasteiger partial charge in [0.15, 0.2) is 0 Å². The van der Waals surface area contributed by atoms with Crippen molar-refractivity contribution in [1.29, 1.82) is 0 Å². The average Bonchev–Trinajstić information content (AvgIpc) is 2.70. The lowest BCUT2D eigenvalue weighted by Crippen LogP contribution is -2.41. The second-order valence-corrected chi connectivity index (χ2v) is 8.37. The van der Waals surface area contributed by atoms with Crippen LogP contribution in [0.25, 0.3) is 10.8 Å². The summed E-state index contributed by atoms with van der Waals surface area (Å²) >= 11 is 0. The molecule has 0 aromatic heterocycles. The van der Waals surface area contributed by atoms with Gasteiger partial charge in [0.2, 0.25) is 0 Å². The van der Waals surface area contributed by atoms with Gasteiger partial charge in [-0.25, -0.2) is 4.79 Å². The zero-order valence-corrected chi connectivity index (χ0v) is 17.3. The van der Waals surface area contributed by atoms with E-state index in [0.717, 1.165) is 21.9 Å². The van der Waals surface area contributed by atoms with Crippen LogP contribution < -0.4 is 5.32 Å². The highest BCUT2D eigenvalue weighted by molar-refractivity contribution is 5.83. The van der Waals surface area contributed by atoms with E-state index in [9.17, 15) is 9.90 Å². The Hall–Kier alpha value is -2.85. The van der Waals surface area contributed by atoms with Crippen LogP contribution in [0.1, 0.15) is 50.3 Å². The quantitative estimate of drug-likeness (QED) is 0.577. The summed E-state index contributed by atoms with van der Waals surface area (Å²) in [5, 5.41) is 16.2. The number of carbonyl (C=O) groups excluding carboxylic acids is 1. The summed E-state index contributed by atoms with van der Waals surface area (Å²) in [6.45, 7) is 5.95. The molecule has 29 heavy (non-hydrogen) atoms. The number of carbonyl (C=O) groups is 1. The van der Waals surface area contributed by atoms with Crippen LogP contribution in [0.3, 0.4) is 0 Å². The Bertz CT molecular complexity index is 947. The van der Waals surface area contributed by atoms with Crippen LogP contribution in [0.15, 0.2) is 72.8 Å². The van der Waals surface area contributed by atoms with E-state index in [4.69, 9.17) is 4.74 Å². The highest BCUT2D eigenvalue weighted by Crippen LogP contribution is 2.35. The molecule has 2 N–H and O–H groups in total. The highest BCUT2D eigenvalue weighted by Gasteiger charge is 2.24. The van der Waals surface area contributed by atoms with Gasteiger partial charge >= 0.3 is 6.09 Å². The van der Waals surface area contributed by atoms with Crippen LogP contribution in [-0.2, 0) is 4.74 Å². The Morgan fingerprint density at radius 3 is 2.28 bits per heavy atom. The molecule has 0 radical (unpaired) electrons. The summed E-state index contributed by atoms with van der Waals surface area (Å²) in [4.78, 5) is 12.0. The van der Waals surface area contributed by atoms with E-state index in [-0.39, 0.29) is 18.1 Å². The van der Waals surface area contributed by atoms with Crippen molar-refractivity contribution in [3.05, 3.63) is 83.9 Å². The average molecular weight is 392 g/mol. The first kappa shape index (κ1) is 20.9. The lowest BCUT2D eigenvalue weighted by molar-refractivity contribution is 0.106. The molecule has 3 aromatic rings. The molecule has 0 heterocycles. The number of hydrogen-bond acceptors (Lipinski definition) is 3. The summed E-state index contributed by atoms with van der Waals surface area (Å²) < 4.78 is 5.38. The third-order valence-electron chi connectivity index (χ3n) is 4.86. The predicted molar refractivity (Wildman–Crippen MR) is 117 cm³/mol. The molecule has 1 amide bonds. The van der Waals surface area contributed by atoms with E-state index in [1.165, 1.54) is 0 Å². The van der Waals surface area contributed by atoms with Crippen LogP contribution in [0, 0.1) is 0 Å². The van der Waals surface area contributed by atoms with Crippen molar-refractivity contribution in [2.24, 2.45) is 0 Å². The monoisotopic (exact) mass is 391 g/mol. The Morgan fingerprint density at radius 1 is 0.931 bits per heavy atom. The first-order valence-electron chi connectivity index (χ1n) is 10.0. The first-order valence-corrected chi connectivity index (χ1v) is 10.0. The third kappa shape index (κ3) is 5.81. The molecule has 152 valence electrons. The lowest BCUT2D eigenvalue weighted by Gasteiger charge is -2.25. The Balaban J connectivity index is 1.80. The number of aliphatic hydroxyl groups excluding tert-OH is 1. The Morgan fingerprint density at radius 2 is 1.59 bits per heavy atom. The van der Waals surface area contributed by atoms with Crippen LogP contribution in [0.5, 0.6) is 0 Å². The Kier molecular flexibility index (Phi) is 6.55. The maximum Gasteiger partial charge on any atom is 0.407 e. The molecule has 0 spiro atoms. The molecular weight excluding hydrogens is 362 g/mol. The lowest BCUT2D eigenvalue weighted by atomic mass is 9.86. The minimum absolute atomic E-state index is 0.190. The van der Waals surface area contributed by atoms with Gasteiger partial charge in [0.25, 0.3) is 0 Å². The molecule has 0 fully saturated rings. The van der Waals surface area contributed by atoms with Crippen LogP contribution in [0.2, 0.25) is 0 Å². The van der Waals surface area contributed by atoms with Gasteiger partial charge in [0, 0.05) is 11.5 Å². The SMILES string of the molecule is CC(C)(C)NC(=O)OCCC(c1ccc2ccccc2c1)C(O)c1ccccc1. The molecule has 4 nitrogen and oxygen atoms in total. The maximum absolute atomic E-state index is 12.0. The molecule has 0 saturated carbocycles. The normalized spacial score (nSPS) is 13.7. The van der Waals surface area contributed by atoms with Gasteiger partial charge < -0.3 is 15.2 Å². The largest absolute Gasteiger partial charge is 0.450 e. The minimum atomic E-state index is -0.688. The predicted octanol–water partition coefficient (Wildman–Crippen LogP) is 5.57. The van der Waals surface area contributed by atoms with Crippen molar-refractivity contribution < 1.29 is 14.6 Å². The van der Waals surface area contributed by atoms with Crippen molar-refractivity contribution in [2.75, 3.05) is 6.61 Å². The zero-order valence-electron chi connectivity index (χ0n) is 17.3. The number of rotatable bonds is 6. The van der Waals surface area contributed by atoms with Gasteiger partial charge in [-0.3, -0.25) is 0 Å². The molecule has 3 aromatic carbocycles. The summed E-state index contributed by atoms with van der Waals surface area (Å²) in [5.41, 5.74) is 1.53. The number of ether oxygens (including phenoxy) is 1. The van der Waals surface area contributed by atoms with Gasteiger partial charge in [-0.05, 0) is 49.1 Å². The summed E-state index contributed by atoms with van der Waals surface area (Å²) in [7, 11) is 0. The van der Waals surface area contributed by atoms with Crippen LogP contribution in [0.4, 0.5) is 4.79 Å². The topological polar surface area (TPSA) is 58.6 Å². The molecule has 0 aliphatic heterocycles. The van der Waals surface area contributed by atoms with Crippen molar-refractivity contribution in [3.8, 4) is 0 Å². The Labute approximate surface area is 172 Å². The number of fused-ring (bicyclic) bond motifs is 1. The third-order valence-corrected chi connectivity index (χ3v) is 4.86.